The lowest BCUT2D eigenvalue weighted by Gasteiger charge is -2.34. The molecule has 0 atom stereocenters. The minimum absolute atomic E-state index is 0.329. The van der Waals surface area contributed by atoms with Crippen LogP contribution in [0, 0.1) is 0 Å². The maximum atomic E-state index is 12.5. The molecule has 0 unspecified atom stereocenters. The van der Waals surface area contributed by atoms with Crippen molar-refractivity contribution in [2.75, 3.05) is 0 Å². The lowest BCUT2D eigenvalue weighted by molar-refractivity contribution is -0.145. The van der Waals surface area contributed by atoms with E-state index in [4.69, 9.17) is 0 Å². The van der Waals surface area contributed by atoms with Crippen molar-refractivity contribution in [1.29, 1.82) is 0 Å². The van der Waals surface area contributed by atoms with Gasteiger partial charge in [-0.05, 0) is 36.6 Å². The molecule has 0 aliphatic heterocycles. The summed E-state index contributed by atoms with van der Waals surface area (Å²) in [5, 5.41) is 16.5. The van der Waals surface area contributed by atoms with Crippen LogP contribution in [0.25, 0.3) is 0 Å². The maximum Gasteiger partial charge on any atom is 0.329 e. The van der Waals surface area contributed by atoms with E-state index in [0.717, 1.165) is 24.8 Å². The molecule has 126 valence electrons. The second kappa shape index (κ2) is 6.86. The number of nitrogens with zero attached hydrogens (tertiary/aromatic N) is 2. The molecule has 1 aromatic heterocycles. The highest BCUT2D eigenvalue weighted by atomic mass is 16.4. The summed E-state index contributed by atoms with van der Waals surface area (Å²) in [6.45, 7) is 0.633. The predicted octanol–water partition coefficient (Wildman–Crippen LogP) is 2.45. The third-order valence-corrected chi connectivity index (χ3v) is 4.59. The van der Waals surface area contributed by atoms with Crippen LogP contribution < -0.4 is 5.32 Å². The summed E-state index contributed by atoms with van der Waals surface area (Å²) in [7, 11) is 0. The number of aliphatic carboxylic acids is 1. The van der Waals surface area contributed by atoms with E-state index in [1.54, 1.807) is 23.0 Å². The van der Waals surface area contributed by atoms with Crippen LogP contribution >= 0.6 is 0 Å². The Morgan fingerprint density at radius 2 is 1.88 bits per heavy atom. The minimum atomic E-state index is -1.12. The molecule has 1 aliphatic carbocycles. The first-order chi connectivity index (χ1) is 11.6. The van der Waals surface area contributed by atoms with E-state index < -0.39 is 11.5 Å². The van der Waals surface area contributed by atoms with Crippen molar-refractivity contribution in [2.24, 2.45) is 0 Å². The van der Waals surface area contributed by atoms with Gasteiger partial charge in [0, 0.05) is 18.0 Å². The number of carbonyl (C=O) groups excluding carboxylic acids is 1. The summed E-state index contributed by atoms with van der Waals surface area (Å²) in [5.41, 5.74) is 0.384. The van der Waals surface area contributed by atoms with Crippen molar-refractivity contribution in [3.63, 3.8) is 0 Å². The van der Waals surface area contributed by atoms with Crippen molar-refractivity contribution in [2.45, 2.75) is 44.2 Å². The van der Waals surface area contributed by atoms with Crippen molar-refractivity contribution in [1.82, 2.24) is 15.1 Å². The number of benzene rings is 1. The molecule has 0 saturated heterocycles. The number of hydrogen-bond donors (Lipinski definition) is 2. The average Bonchev–Trinajstić information content (AvgIpc) is 3.09. The van der Waals surface area contributed by atoms with Crippen LogP contribution in [0.3, 0.4) is 0 Å². The molecule has 6 heteroatoms. The van der Waals surface area contributed by atoms with Crippen LogP contribution in [0.4, 0.5) is 0 Å². The molecule has 1 saturated carbocycles. The van der Waals surface area contributed by atoms with E-state index in [2.05, 4.69) is 10.4 Å². The number of carboxylic acid groups (broad SMARTS) is 1. The average molecular weight is 327 g/mol. The van der Waals surface area contributed by atoms with Gasteiger partial charge in [0.05, 0.1) is 6.54 Å². The number of hydrogen-bond acceptors (Lipinski definition) is 3. The summed E-state index contributed by atoms with van der Waals surface area (Å²) in [4.78, 5) is 24.1. The van der Waals surface area contributed by atoms with Gasteiger partial charge in [-0.15, -0.1) is 0 Å². The van der Waals surface area contributed by atoms with Gasteiger partial charge in [0.25, 0.3) is 5.91 Å². The van der Waals surface area contributed by atoms with E-state index in [-0.39, 0.29) is 5.91 Å². The highest BCUT2D eigenvalue weighted by molar-refractivity contribution is 5.97. The molecule has 0 bridgehead atoms. The predicted molar refractivity (Wildman–Crippen MR) is 88.7 cm³/mol. The molecule has 1 heterocycles. The lowest BCUT2D eigenvalue weighted by Crippen LogP contribution is -2.55. The molecule has 0 spiro atoms. The van der Waals surface area contributed by atoms with Crippen LogP contribution in [0.15, 0.2) is 42.7 Å². The zero-order valence-electron chi connectivity index (χ0n) is 13.4. The molecule has 2 aromatic rings. The number of carboxylic acids is 1. The number of carbonyl (C=O) groups is 2. The third kappa shape index (κ3) is 3.48. The van der Waals surface area contributed by atoms with Crippen LogP contribution in [-0.2, 0) is 11.3 Å². The van der Waals surface area contributed by atoms with Crippen molar-refractivity contribution < 1.29 is 14.7 Å². The molecule has 0 radical (unpaired) electrons. The van der Waals surface area contributed by atoms with Gasteiger partial charge in [-0.2, -0.15) is 5.10 Å². The Hall–Kier alpha value is -2.63. The van der Waals surface area contributed by atoms with Crippen LogP contribution in [-0.4, -0.2) is 32.3 Å². The fraction of sp³-hybridized carbons (Fsp3) is 0.389. The summed E-state index contributed by atoms with van der Waals surface area (Å²) in [6.07, 6.45) is 7.26. The summed E-state index contributed by atoms with van der Waals surface area (Å²) < 4.78 is 1.80. The normalized spacial score (nSPS) is 16.5. The summed E-state index contributed by atoms with van der Waals surface area (Å²) in [5.74, 6) is -1.27. The highest BCUT2D eigenvalue weighted by Gasteiger charge is 2.41. The second-order valence-electron chi connectivity index (χ2n) is 6.30. The Morgan fingerprint density at radius 3 is 2.46 bits per heavy atom. The Kier molecular flexibility index (Phi) is 4.64. The van der Waals surface area contributed by atoms with E-state index >= 15 is 0 Å². The number of rotatable bonds is 5. The zero-order valence-corrected chi connectivity index (χ0v) is 13.4. The molecular formula is C18H21N3O3. The largest absolute Gasteiger partial charge is 0.480 e. The summed E-state index contributed by atoms with van der Waals surface area (Å²) >= 11 is 0. The lowest BCUT2D eigenvalue weighted by atomic mass is 9.81. The first-order valence-corrected chi connectivity index (χ1v) is 8.21. The Balaban J connectivity index is 1.69. The van der Waals surface area contributed by atoms with Gasteiger partial charge >= 0.3 is 5.97 Å². The van der Waals surface area contributed by atoms with Gasteiger partial charge in [-0.25, -0.2) is 4.79 Å². The first-order valence-electron chi connectivity index (χ1n) is 8.21. The number of nitrogens with one attached hydrogen (secondary N) is 1. The van der Waals surface area contributed by atoms with E-state index in [9.17, 15) is 14.7 Å². The maximum absolute atomic E-state index is 12.5. The van der Waals surface area contributed by atoms with Crippen molar-refractivity contribution in [3.8, 4) is 0 Å². The molecular weight excluding hydrogens is 306 g/mol. The standard InChI is InChI=1S/C18H21N3O3/c22-16(20-18(17(23)24)9-2-1-3-10-18)15-7-5-14(6-8-15)13-21-12-4-11-19-21/h4-8,11-12H,1-3,9-10,13H2,(H,20,22)(H,23,24). The Bertz CT molecular complexity index is 702. The quantitative estimate of drug-likeness (QED) is 0.883. The smallest absolute Gasteiger partial charge is 0.329 e. The van der Waals surface area contributed by atoms with E-state index in [1.807, 2.05) is 24.4 Å². The van der Waals surface area contributed by atoms with Gasteiger partial charge in [0.1, 0.15) is 5.54 Å². The molecule has 1 amide bonds. The first kappa shape index (κ1) is 16.2. The number of amides is 1. The molecule has 6 nitrogen and oxygen atoms in total. The second-order valence-corrected chi connectivity index (χ2v) is 6.30. The van der Waals surface area contributed by atoms with Crippen LogP contribution in [0.5, 0.6) is 0 Å². The van der Waals surface area contributed by atoms with Crippen molar-refractivity contribution >= 4 is 11.9 Å². The SMILES string of the molecule is O=C(NC1(C(=O)O)CCCCC1)c1ccc(Cn2cccn2)cc1. The zero-order chi connectivity index (χ0) is 17.0. The highest BCUT2D eigenvalue weighted by Crippen LogP contribution is 2.28. The summed E-state index contributed by atoms with van der Waals surface area (Å²) in [6, 6.07) is 9.05. The Morgan fingerprint density at radius 1 is 1.17 bits per heavy atom. The molecule has 1 aliphatic rings. The molecule has 1 aromatic carbocycles. The fourth-order valence-electron chi connectivity index (χ4n) is 3.18. The van der Waals surface area contributed by atoms with Gasteiger partial charge in [-0.1, -0.05) is 31.4 Å². The molecule has 2 N–H and O–H groups in total. The topological polar surface area (TPSA) is 84.2 Å². The number of aromatic nitrogens is 2. The van der Waals surface area contributed by atoms with Gasteiger partial charge in [0.2, 0.25) is 0 Å². The van der Waals surface area contributed by atoms with Gasteiger partial charge < -0.3 is 10.4 Å². The molecule has 24 heavy (non-hydrogen) atoms. The fourth-order valence-corrected chi connectivity index (χ4v) is 3.18. The van der Waals surface area contributed by atoms with Gasteiger partial charge in [0.15, 0.2) is 0 Å². The molecule has 1 fully saturated rings. The van der Waals surface area contributed by atoms with E-state index in [1.165, 1.54) is 0 Å². The monoisotopic (exact) mass is 327 g/mol. The molecule has 3 rings (SSSR count). The minimum Gasteiger partial charge on any atom is -0.480 e. The Labute approximate surface area is 140 Å². The van der Waals surface area contributed by atoms with Crippen LogP contribution in [0.1, 0.15) is 48.0 Å². The van der Waals surface area contributed by atoms with Crippen LogP contribution in [0.2, 0.25) is 0 Å². The van der Waals surface area contributed by atoms with E-state index in [0.29, 0.717) is 24.9 Å². The van der Waals surface area contributed by atoms with Gasteiger partial charge in [-0.3, -0.25) is 9.48 Å². The van der Waals surface area contributed by atoms with Crippen molar-refractivity contribution in [3.05, 3.63) is 53.9 Å². The third-order valence-electron chi connectivity index (χ3n) is 4.59.